The molecule has 0 bridgehead atoms. The van der Waals surface area contributed by atoms with Gasteiger partial charge in [0.05, 0.1) is 17.2 Å². The van der Waals surface area contributed by atoms with Crippen molar-refractivity contribution >= 4 is 5.69 Å². The summed E-state index contributed by atoms with van der Waals surface area (Å²) in [5.74, 6) is 0. The molecule has 0 saturated carbocycles. The summed E-state index contributed by atoms with van der Waals surface area (Å²) >= 11 is 0. The molecule has 6 heteroatoms. The van der Waals surface area contributed by atoms with E-state index in [1.165, 1.54) is 16.7 Å². The Bertz CT molecular complexity index is 737. The first kappa shape index (κ1) is 15.9. The summed E-state index contributed by atoms with van der Waals surface area (Å²) in [4.78, 5) is 22.9. The highest BCUT2D eigenvalue weighted by Gasteiger charge is 2.11. The zero-order valence-corrected chi connectivity index (χ0v) is 12.6. The molecular weight excluding hydrogens is 284 g/mol. The van der Waals surface area contributed by atoms with Gasteiger partial charge in [0.15, 0.2) is 0 Å². The molecule has 0 radical (unpaired) electrons. The molecule has 1 aromatic carbocycles. The normalized spacial score (nSPS) is 10.6. The fraction of sp³-hybridized carbons (Fsp3) is 0.312. The standard InChI is InChI=1S/C16H18N2O4/c1-3-22-10-8-13-5-4-9-17(16(13)19)15-7-6-14(18(20)21)11-12(15)2/h4-7,9,11H,3,8,10H2,1-2H3. The zero-order valence-electron chi connectivity index (χ0n) is 12.6. The topological polar surface area (TPSA) is 74.4 Å². The molecule has 0 aliphatic carbocycles. The van der Waals surface area contributed by atoms with Crippen LogP contribution in [0.25, 0.3) is 5.69 Å². The number of hydrogen-bond acceptors (Lipinski definition) is 4. The number of benzene rings is 1. The van der Waals surface area contributed by atoms with Crippen LogP contribution in [-0.4, -0.2) is 22.7 Å². The lowest BCUT2D eigenvalue weighted by molar-refractivity contribution is -0.384. The first-order valence-electron chi connectivity index (χ1n) is 7.08. The molecule has 0 N–H and O–H groups in total. The van der Waals surface area contributed by atoms with E-state index in [2.05, 4.69) is 0 Å². The second kappa shape index (κ2) is 7.00. The molecule has 0 saturated heterocycles. The lowest BCUT2D eigenvalue weighted by Crippen LogP contribution is -2.23. The van der Waals surface area contributed by atoms with Gasteiger partial charge in [0, 0.05) is 36.9 Å². The van der Waals surface area contributed by atoms with Gasteiger partial charge in [-0.3, -0.25) is 19.5 Å². The maximum Gasteiger partial charge on any atom is 0.269 e. The molecule has 0 spiro atoms. The average Bonchev–Trinajstić information content (AvgIpc) is 2.49. The van der Waals surface area contributed by atoms with E-state index < -0.39 is 4.92 Å². The summed E-state index contributed by atoms with van der Waals surface area (Å²) in [5, 5.41) is 10.8. The largest absolute Gasteiger partial charge is 0.381 e. The number of nitro benzene ring substituents is 1. The number of nitro groups is 1. The van der Waals surface area contributed by atoms with E-state index in [0.717, 1.165) is 0 Å². The van der Waals surface area contributed by atoms with Gasteiger partial charge in [0.25, 0.3) is 11.2 Å². The molecule has 6 nitrogen and oxygen atoms in total. The number of ether oxygens (including phenoxy) is 1. The smallest absolute Gasteiger partial charge is 0.269 e. The van der Waals surface area contributed by atoms with Crippen molar-refractivity contribution in [2.24, 2.45) is 0 Å². The summed E-state index contributed by atoms with van der Waals surface area (Å²) in [6.07, 6.45) is 2.21. The number of nitrogens with zero attached hydrogens (tertiary/aromatic N) is 2. The molecule has 0 unspecified atom stereocenters. The predicted molar refractivity (Wildman–Crippen MR) is 83.6 cm³/mol. The minimum absolute atomic E-state index is 0.0156. The highest BCUT2D eigenvalue weighted by Crippen LogP contribution is 2.19. The zero-order chi connectivity index (χ0) is 16.1. The maximum absolute atomic E-state index is 12.5. The van der Waals surface area contributed by atoms with Crippen LogP contribution in [0.4, 0.5) is 5.69 Å². The fourth-order valence-electron chi connectivity index (χ4n) is 2.27. The SMILES string of the molecule is CCOCCc1cccn(-c2ccc([N+](=O)[O-])cc2C)c1=O. The highest BCUT2D eigenvalue weighted by molar-refractivity contribution is 5.48. The van der Waals surface area contributed by atoms with Gasteiger partial charge in [-0.2, -0.15) is 0 Å². The molecule has 2 aromatic rings. The van der Waals surface area contributed by atoms with Gasteiger partial charge < -0.3 is 4.74 Å². The number of non-ortho nitro benzene ring substituents is 1. The Hall–Kier alpha value is -2.47. The number of aromatic nitrogens is 1. The van der Waals surface area contributed by atoms with Crippen molar-refractivity contribution in [2.45, 2.75) is 20.3 Å². The molecule has 22 heavy (non-hydrogen) atoms. The lowest BCUT2D eigenvalue weighted by Gasteiger charge is -2.11. The van der Waals surface area contributed by atoms with Crippen LogP contribution in [0.5, 0.6) is 0 Å². The third-order valence-electron chi connectivity index (χ3n) is 3.40. The molecule has 0 aliphatic heterocycles. The van der Waals surface area contributed by atoms with Crippen molar-refractivity contribution in [3.8, 4) is 5.69 Å². The van der Waals surface area contributed by atoms with Gasteiger partial charge in [0.1, 0.15) is 0 Å². The molecule has 0 amide bonds. The Morgan fingerprint density at radius 2 is 2.09 bits per heavy atom. The summed E-state index contributed by atoms with van der Waals surface area (Å²) < 4.78 is 6.79. The van der Waals surface area contributed by atoms with Crippen LogP contribution in [0, 0.1) is 17.0 Å². The molecule has 1 aromatic heterocycles. The van der Waals surface area contributed by atoms with Gasteiger partial charge in [-0.25, -0.2) is 0 Å². The van der Waals surface area contributed by atoms with E-state index in [0.29, 0.717) is 36.4 Å². The molecule has 0 aliphatic rings. The lowest BCUT2D eigenvalue weighted by atomic mass is 10.1. The fourth-order valence-corrected chi connectivity index (χ4v) is 2.27. The maximum atomic E-state index is 12.5. The predicted octanol–water partition coefficient (Wildman–Crippen LogP) is 2.63. The van der Waals surface area contributed by atoms with Crippen LogP contribution in [0.2, 0.25) is 0 Å². The minimum Gasteiger partial charge on any atom is -0.381 e. The van der Waals surface area contributed by atoms with Crippen LogP contribution in [0.1, 0.15) is 18.1 Å². The van der Waals surface area contributed by atoms with Crippen LogP contribution in [0.15, 0.2) is 41.3 Å². The van der Waals surface area contributed by atoms with E-state index in [1.54, 1.807) is 31.3 Å². The second-order valence-corrected chi connectivity index (χ2v) is 4.88. The van der Waals surface area contributed by atoms with Crippen molar-refractivity contribution in [1.29, 1.82) is 0 Å². The molecular formula is C16H18N2O4. The number of aryl methyl sites for hydroxylation is 1. The third-order valence-corrected chi connectivity index (χ3v) is 3.40. The summed E-state index contributed by atoms with van der Waals surface area (Å²) in [6.45, 7) is 4.77. The summed E-state index contributed by atoms with van der Waals surface area (Å²) in [7, 11) is 0. The van der Waals surface area contributed by atoms with E-state index in [-0.39, 0.29) is 11.2 Å². The monoisotopic (exact) mass is 302 g/mol. The second-order valence-electron chi connectivity index (χ2n) is 4.88. The van der Waals surface area contributed by atoms with E-state index >= 15 is 0 Å². The van der Waals surface area contributed by atoms with Crippen molar-refractivity contribution in [1.82, 2.24) is 4.57 Å². The van der Waals surface area contributed by atoms with Crippen LogP contribution < -0.4 is 5.56 Å². The quantitative estimate of drug-likeness (QED) is 0.467. The van der Waals surface area contributed by atoms with E-state index in [4.69, 9.17) is 4.74 Å². The first-order chi connectivity index (χ1) is 10.5. The molecule has 1 heterocycles. The van der Waals surface area contributed by atoms with Crippen molar-refractivity contribution < 1.29 is 9.66 Å². The number of pyridine rings is 1. The van der Waals surface area contributed by atoms with Crippen LogP contribution >= 0.6 is 0 Å². The van der Waals surface area contributed by atoms with Crippen molar-refractivity contribution in [3.05, 3.63) is 68.1 Å². The minimum atomic E-state index is -0.446. The Morgan fingerprint density at radius 1 is 1.32 bits per heavy atom. The molecule has 0 fully saturated rings. The Labute approximate surface area is 128 Å². The Balaban J connectivity index is 2.39. The van der Waals surface area contributed by atoms with Gasteiger partial charge in [-0.05, 0) is 31.5 Å². The summed E-state index contributed by atoms with van der Waals surface area (Å²) in [5.41, 5.74) is 1.88. The Kier molecular flexibility index (Phi) is 5.06. The van der Waals surface area contributed by atoms with Gasteiger partial charge in [-0.1, -0.05) is 6.07 Å². The van der Waals surface area contributed by atoms with Gasteiger partial charge in [-0.15, -0.1) is 0 Å². The summed E-state index contributed by atoms with van der Waals surface area (Å²) in [6, 6.07) is 8.04. The van der Waals surface area contributed by atoms with Crippen LogP contribution in [-0.2, 0) is 11.2 Å². The number of rotatable bonds is 6. The average molecular weight is 302 g/mol. The van der Waals surface area contributed by atoms with Crippen molar-refractivity contribution in [3.63, 3.8) is 0 Å². The van der Waals surface area contributed by atoms with E-state index in [9.17, 15) is 14.9 Å². The van der Waals surface area contributed by atoms with Gasteiger partial charge in [0.2, 0.25) is 0 Å². The molecule has 2 rings (SSSR count). The first-order valence-corrected chi connectivity index (χ1v) is 7.08. The third kappa shape index (κ3) is 3.40. The molecule has 116 valence electrons. The van der Waals surface area contributed by atoms with Crippen molar-refractivity contribution in [2.75, 3.05) is 13.2 Å². The van der Waals surface area contributed by atoms with Gasteiger partial charge >= 0.3 is 0 Å². The van der Waals surface area contributed by atoms with Crippen LogP contribution in [0.3, 0.4) is 0 Å². The Morgan fingerprint density at radius 3 is 2.73 bits per heavy atom. The molecule has 0 atom stereocenters. The van der Waals surface area contributed by atoms with E-state index in [1.807, 2.05) is 6.92 Å². The number of hydrogen-bond donors (Lipinski definition) is 0. The highest BCUT2D eigenvalue weighted by atomic mass is 16.6.